The van der Waals surface area contributed by atoms with Crippen LogP contribution in [0.3, 0.4) is 0 Å². The summed E-state index contributed by atoms with van der Waals surface area (Å²) in [7, 11) is 0. The summed E-state index contributed by atoms with van der Waals surface area (Å²) in [5.41, 5.74) is 1.24. The molecule has 0 atom stereocenters. The number of hydrogen-bond acceptors (Lipinski definition) is 1. The maximum absolute atomic E-state index is 10.8. The number of aliphatic carboxylic acids is 1. The van der Waals surface area contributed by atoms with Crippen LogP contribution >= 0.6 is 0 Å². The fraction of sp³-hybridized carbons (Fsp3) is 0.615. The highest BCUT2D eigenvalue weighted by Crippen LogP contribution is 2.21. The summed E-state index contributed by atoms with van der Waals surface area (Å²) in [6.45, 7) is 3.64. The maximum atomic E-state index is 10.8. The van der Waals surface area contributed by atoms with Crippen LogP contribution in [0.1, 0.15) is 51.4 Å². The van der Waals surface area contributed by atoms with E-state index in [0.717, 1.165) is 24.8 Å². The molecule has 1 aliphatic carbocycles. The lowest BCUT2D eigenvalue weighted by Gasteiger charge is -2.10. The monoisotopic (exact) mass is 208 g/mol. The average molecular weight is 208 g/mol. The summed E-state index contributed by atoms with van der Waals surface area (Å²) >= 11 is 0. The Labute approximate surface area is 91.7 Å². The molecule has 2 heteroatoms. The number of rotatable bonds is 2. The van der Waals surface area contributed by atoms with Gasteiger partial charge in [0, 0.05) is 0 Å². The van der Waals surface area contributed by atoms with Crippen molar-refractivity contribution in [1.82, 2.24) is 0 Å². The summed E-state index contributed by atoms with van der Waals surface area (Å²) in [6.07, 6.45) is 11.3. The normalized spacial score (nSPS) is 22.5. The Bertz CT molecular complexity index is 264. The number of carboxylic acids is 1. The molecule has 0 spiro atoms. The smallest absolute Gasteiger partial charge is 0.335 e. The molecule has 0 amide bonds. The van der Waals surface area contributed by atoms with Gasteiger partial charge < -0.3 is 5.11 Å². The van der Waals surface area contributed by atoms with Crippen LogP contribution in [-0.2, 0) is 4.79 Å². The van der Waals surface area contributed by atoms with Gasteiger partial charge in [-0.2, -0.15) is 0 Å². The quantitative estimate of drug-likeness (QED) is 0.703. The Morgan fingerprint density at radius 2 is 1.73 bits per heavy atom. The lowest BCUT2D eigenvalue weighted by molar-refractivity contribution is -0.132. The largest absolute Gasteiger partial charge is 0.478 e. The van der Waals surface area contributed by atoms with E-state index in [0.29, 0.717) is 0 Å². The second kappa shape index (κ2) is 6.44. The molecular formula is C13H20O2. The minimum atomic E-state index is -0.877. The van der Waals surface area contributed by atoms with E-state index >= 15 is 0 Å². The Kier molecular flexibility index (Phi) is 5.16. The van der Waals surface area contributed by atoms with Crippen LogP contribution in [0.5, 0.6) is 0 Å². The molecular weight excluding hydrogens is 188 g/mol. The first-order valence-corrected chi connectivity index (χ1v) is 5.83. The van der Waals surface area contributed by atoms with Crippen molar-refractivity contribution in [3.8, 4) is 0 Å². The third-order valence-electron chi connectivity index (χ3n) is 2.94. The average Bonchev–Trinajstić information content (AvgIpc) is 2.24. The first-order chi connectivity index (χ1) is 7.22. The predicted octanol–water partition coefficient (Wildman–Crippen LogP) is 3.69. The zero-order valence-corrected chi connectivity index (χ0v) is 9.30. The van der Waals surface area contributed by atoms with E-state index in [2.05, 4.69) is 12.7 Å². The van der Waals surface area contributed by atoms with Crippen molar-refractivity contribution in [3.05, 3.63) is 23.8 Å². The van der Waals surface area contributed by atoms with E-state index < -0.39 is 5.97 Å². The molecule has 0 bridgehead atoms. The van der Waals surface area contributed by atoms with Gasteiger partial charge in [0.15, 0.2) is 0 Å². The molecule has 0 unspecified atom stereocenters. The second-order valence-corrected chi connectivity index (χ2v) is 4.17. The molecule has 1 rings (SSSR count). The molecule has 0 aliphatic heterocycles. The van der Waals surface area contributed by atoms with E-state index in [1.807, 2.05) is 0 Å². The summed E-state index contributed by atoms with van der Waals surface area (Å²) in [5, 5.41) is 8.88. The number of hydrogen-bond donors (Lipinski definition) is 1. The van der Waals surface area contributed by atoms with Gasteiger partial charge in [-0.1, -0.05) is 38.3 Å². The molecule has 0 aromatic rings. The van der Waals surface area contributed by atoms with Gasteiger partial charge in [0.2, 0.25) is 0 Å². The molecule has 0 heterocycles. The zero-order valence-electron chi connectivity index (χ0n) is 9.30. The van der Waals surface area contributed by atoms with Crippen LogP contribution in [0, 0.1) is 0 Å². The summed E-state index contributed by atoms with van der Waals surface area (Å²) in [4.78, 5) is 10.8. The topological polar surface area (TPSA) is 37.3 Å². The fourth-order valence-corrected chi connectivity index (χ4v) is 1.96. The van der Waals surface area contributed by atoms with Gasteiger partial charge in [-0.25, -0.2) is 4.79 Å². The van der Waals surface area contributed by atoms with Crippen molar-refractivity contribution in [2.45, 2.75) is 51.4 Å². The van der Waals surface area contributed by atoms with Gasteiger partial charge in [0.05, 0.1) is 5.57 Å². The number of carbonyl (C=O) groups is 1. The van der Waals surface area contributed by atoms with Crippen molar-refractivity contribution >= 4 is 5.97 Å². The summed E-state index contributed by atoms with van der Waals surface area (Å²) in [6, 6.07) is 0. The minimum absolute atomic E-state index is 0.288. The molecule has 15 heavy (non-hydrogen) atoms. The number of allylic oxidation sites excluding steroid dienone is 1. The Morgan fingerprint density at radius 3 is 2.40 bits per heavy atom. The van der Waals surface area contributed by atoms with Crippen molar-refractivity contribution in [1.29, 1.82) is 0 Å². The van der Waals surface area contributed by atoms with Crippen molar-refractivity contribution in [2.24, 2.45) is 0 Å². The molecule has 1 N–H and O–H groups in total. The second-order valence-electron chi connectivity index (χ2n) is 4.17. The van der Waals surface area contributed by atoms with Crippen LogP contribution in [0.4, 0.5) is 0 Å². The molecule has 84 valence electrons. The molecule has 0 fully saturated rings. The summed E-state index contributed by atoms with van der Waals surface area (Å²) in [5.74, 6) is -0.877. The van der Waals surface area contributed by atoms with Crippen LogP contribution in [0.15, 0.2) is 23.8 Å². The molecule has 0 aromatic heterocycles. The molecule has 0 aromatic carbocycles. The third-order valence-corrected chi connectivity index (χ3v) is 2.94. The highest BCUT2D eigenvalue weighted by Gasteiger charge is 2.10. The van der Waals surface area contributed by atoms with Gasteiger partial charge in [-0.05, 0) is 31.3 Å². The summed E-state index contributed by atoms with van der Waals surface area (Å²) < 4.78 is 0. The van der Waals surface area contributed by atoms with E-state index in [1.54, 1.807) is 0 Å². The van der Waals surface area contributed by atoms with Gasteiger partial charge in [0.25, 0.3) is 0 Å². The predicted molar refractivity (Wildman–Crippen MR) is 61.8 cm³/mol. The molecule has 0 saturated carbocycles. The SMILES string of the molecule is C=C(C(=O)O)/C1=C/CCCCCCCC1. The Morgan fingerprint density at radius 1 is 1.13 bits per heavy atom. The van der Waals surface area contributed by atoms with Crippen LogP contribution in [0.2, 0.25) is 0 Å². The van der Waals surface area contributed by atoms with Crippen LogP contribution in [0.25, 0.3) is 0 Å². The first-order valence-electron chi connectivity index (χ1n) is 5.83. The highest BCUT2D eigenvalue weighted by molar-refractivity contribution is 5.90. The van der Waals surface area contributed by atoms with Gasteiger partial charge in [-0.3, -0.25) is 0 Å². The molecule has 2 nitrogen and oxygen atoms in total. The van der Waals surface area contributed by atoms with E-state index in [9.17, 15) is 4.79 Å². The highest BCUT2D eigenvalue weighted by atomic mass is 16.4. The van der Waals surface area contributed by atoms with E-state index in [1.165, 1.54) is 32.1 Å². The van der Waals surface area contributed by atoms with Crippen LogP contribution in [-0.4, -0.2) is 11.1 Å². The Hall–Kier alpha value is -1.05. The van der Waals surface area contributed by atoms with Gasteiger partial charge in [0.1, 0.15) is 0 Å². The standard InChI is InChI=1S/C13H20O2/c1-11(13(14)15)12-9-7-5-3-2-4-6-8-10-12/h9H,1-8,10H2,(H,14,15)/b12-9+. The first kappa shape index (κ1) is 12.0. The third kappa shape index (κ3) is 4.32. The molecule has 0 saturated heterocycles. The fourth-order valence-electron chi connectivity index (χ4n) is 1.96. The zero-order chi connectivity index (χ0) is 11.1. The lowest BCUT2D eigenvalue weighted by Crippen LogP contribution is -2.03. The van der Waals surface area contributed by atoms with E-state index in [4.69, 9.17) is 5.11 Å². The van der Waals surface area contributed by atoms with E-state index in [-0.39, 0.29) is 5.57 Å². The van der Waals surface area contributed by atoms with Crippen molar-refractivity contribution in [2.75, 3.05) is 0 Å². The minimum Gasteiger partial charge on any atom is -0.478 e. The van der Waals surface area contributed by atoms with Crippen molar-refractivity contribution in [3.63, 3.8) is 0 Å². The van der Waals surface area contributed by atoms with Crippen LogP contribution < -0.4 is 0 Å². The lowest BCUT2D eigenvalue weighted by atomic mass is 9.96. The maximum Gasteiger partial charge on any atom is 0.335 e. The van der Waals surface area contributed by atoms with Crippen molar-refractivity contribution < 1.29 is 9.90 Å². The van der Waals surface area contributed by atoms with Gasteiger partial charge >= 0.3 is 5.97 Å². The Balaban J connectivity index is 2.60. The van der Waals surface area contributed by atoms with Gasteiger partial charge in [-0.15, -0.1) is 0 Å². The molecule has 1 aliphatic rings. The number of carboxylic acid groups (broad SMARTS) is 1. The molecule has 0 radical (unpaired) electrons.